The summed E-state index contributed by atoms with van der Waals surface area (Å²) in [6, 6.07) is -0.00620. The second kappa shape index (κ2) is 7.66. The molecular weight excluding hydrogens is 268 g/mol. The number of carboxylic acids is 1. The Morgan fingerprint density at radius 2 is 1.90 bits per heavy atom. The van der Waals surface area contributed by atoms with Gasteiger partial charge < -0.3 is 14.9 Å². The molecule has 0 saturated carbocycles. The lowest BCUT2D eigenvalue weighted by Gasteiger charge is -2.31. The molecule has 0 aliphatic carbocycles. The molecule has 0 radical (unpaired) electrons. The lowest BCUT2D eigenvalue weighted by Crippen LogP contribution is -2.44. The molecule has 0 bridgehead atoms. The van der Waals surface area contributed by atoms with Crippen LogP contribution in [0.5, 0.6) is 0 Å². The van der Waals surface area contributed by atoms with E-state index in [0.717, 1.165) is 32.4 Å². The molecule has 1 aliphatic heterocycles. The van der Waals surface area contributed by atoms with Gasteiger partial charge in [0.2, 0.25) is 0 Å². The van der Waals surface area contributed by atoms with Gasteiger partial charge in [0.1, 0.15) is 0 Å². The summed E-state index contributed by atoms with van der Waals surface area (Å²) in [6.07, 6.45) is 3.24. The lowest BCUT2D eigenvalue weighted by atomic mass is 9.77. The summed E-state index contributed by atoms with van der Waals surface area (Å²) in [5, 5.41) is 8.77. The van der Waals surface area contributed by atoms with E-state index in [9.17, 15) is 9.59 Å². The van der Waals surface area contributed by atoms with Gasteiger partial charge in [-0.15, -0.1) is 0 Å². The number of urea groups is 1. The zero-order valence-electron chi connectivity index (χ0n) is 13.9. The number of aliphatic carboxylic acids is 1. The number of hydrogen-bond acceptors (Lipinski definition) is 2. The smallest absolute Gasteiger partial charge is 0.320 e. The molecule has 1 fully saturated rings. The summed E-state index contributed by atoms with van der Waals surface area (Å²) in [6.45, 7) is 11.1. The van der Waals surface area contributed by atoms with Crippen molar-refractivity contribution in [3.63, 3.8) is 0 Å². The van der Waals surface area contributed by atoms with Crippen LogP contribution in [0.25, 0.3) is 0 Å². The third-order valence-corrected chi connectivity index (χ3v) is 4.47. The van der Waals surface area contributed by atoms with Crippen LogP contribution in [-0.2, 0) is 4.79 Å². The fourth-order valence-electron chi connectivity index (χ4n) is 2.97. The molecule has 1 aliphatic rings. The van der Waals surface area contributed by atoms with Crippen molar-refractivity contribution in [2.24, 2.45) is 11.3 Å². The van der Waals surface area contributed by atoms with Crippen molar-refractivity contribution in [3.8, 4) is 0 Å². The minimum Gasteiger partial charge on any atom is -0.481 e. The molecular formula is C16H30N2O3. The summed E-state index contributed by atoms with van der Waals surface area (Å²) < 4.78 is 0. The molecule has 21 heavy (non-hydrogen) atoms. The zero-order chi connectivity index (χ0) is 16.0. The highest BCUT2D eigenvalue weighted by molar-refractivity contribution is 5.75. The van der Waals surface area contributed by atoms with Gasteiger partial charge in [-0.1, -0.05) is 20.8 Å². The topological polar surface area (TPSA) is 60.9 Å². The predicted octanol–water partition coefficient (Wildman–Crippen LogP) is 3.05. The van der Waals surface area contributed by atoms with Gasteiger partial charge in [0, 0.05) is 26.2 Å². The number of amides is 2. The van der Waals surface area contributed by atoms with E-state index in [-0.39, 0.29) is 17.9 Å². The molecule has 5 heteroatoms. The SMILES string of the molecule is CCN(CCC(=O)O)C(=O)N1CCCC(C(C)(C)C)CC1. The van der Waals surface area contributed by atoms with E-state index in [1.54, 1.807) is 4.90 Å². The number of rotatable bonds is 4. The van der Waals surface area contributed by atoms with E-state index >= 15 is 0 Å². The van der Waals surface area contributed by atoms with Crippen LogP contribution in [0.4, 0.5) is 4.79 Å². The summed E-state index contributed by atoms with van der Waals surface area (Å²) in [7, 11) is 0. The molecule has 0 aromatic rings. The van der Waals surface area contributed by atoms with Crippen LogP contribution in [0, 0.1) is 11.3 Å². The molecule has 1 atom stereocenters. The van der Waals surface area contributed by atoms with E-state index in [2.05, 4.69) is 20.8 Å². The van der Waals surface area contributed by atoms with Gasteiger partial charge in [-0.25, -0.2) is 4.79 Å². The van der Waals surface area contributed by atoms with Gasteiger partial charge >= 0.3 is 12.0 Å². The van der Waals surface area contributed by atoms with E-state index in [1.807, 2.05) is 11.8 Å². The van der Waals surface area contributed by atoms with Crippen LogP contribution in [-0.4, -0.2) is 53.1 Å². The average Bonchev–Trinajstić information content (AvgIpc) is 2.64. The third kappa shape index (κ3) is 5.56. The van der Waals surface area contributed by atoms with Gasteiger partial charge in [0.25, 0.3) is 0 Å². The van der Waals surface area contributed by atoms with Crippen LogP contribution >= 0.6 is 0 Å². The van der Waals surface area contributed by atoms with Crippen molar-refractivity contribution >= 4 is 12.0 Å². The molecule has 1 N–H and O–H groups in total. The van der Waals surface area contributed by atoms with E-state index in [1.165, 1.54) is 0 Å². The Morgan fingerprint density at radius 1 is 1.24 bits per heavy atom. The maximum atomic E-state index is 12.5. The highest BCUT2D eigenvalue weighted by Gasteiger charge is 2.29. The van der Waals surface area contributed by atoms with Gasteiger partial charge in [-0.2, -0.15) is 0 Å². The number of carboxylic acid groups (broad SMARTS) is 1. The highest BCUT2D eigenvalue weighted by atomic mass is 16.4. The van der Waals surface area contributed by atoms with Crippen LogP contribution < -0.4 is 0 Å². The first kappa shape index (κ1) is 17.8. The molecule has 122 valence electrons. The summed E-state index contributed by atoms with van der Waals surface area (Å²) in [5.41, 5.74) is 0.285. The van der Waals surface area contributed by atoms with Gasteiger partial charge in [-0.05, 0) is 37.5 Å². The summed E-state index contributed by atoms with van der Waals surface area (Å²) >= 11 is 0. The van der Waals surface area contributed by atoms with Gasteiger partial charge in [0.15, 0.2) is 0 Å². The van der Waals surface area contributed by atoms with Crippen molar-refractivity contribution in [1.82, 2.24) is 9.80 Å². The maximum absolute atomic E-state index is 12.5. The first-order valence-electron chi connectivity index (χ1n) is 8.01. The standard InChI is InChI=1S/C16H30N2O3/c1-5-17(12-9-14(19)20)15(21)18-10-6-7-13(8-11-18)16(2,3)4/h13H,5-12H2,1-4H3,(H,19,20). The number of likely N-dealkylation sites (tertiary alicyclic amines) is 1. The van der Waals surface area contributed by atoms with Crippen LogP contribution in [0.3, 0.4) is 0 Å². The molecule has 1 rings (SSSR count). The number of carbonyl (C=O) groups is 2. The van der Waals surface area contributed by atoms with E-state index < -0.39 is 5.97 Å². The predicted molar refractivity (Wildman–Crippen MR) is 83.3 cm³/mol. The molecule has 1 heterocycles. The number of carbonyl (C=O) groups excluding carboxylic acids is 1. The first-order chi connectivity index (χ1) is 9.75. The molecule has 1 saturated heterocycles. The highest BCUT2D eigenvalue weighted by Crippen LogP contribution is 2.34. The molecule has 2 amide bonds. The van der Waals surface area contributed by atoms with E-state index in [0.29, 0.717) is 19.0 Å². The average molecular weight is 298 g/mol. The largest absolute Gasteiger partial charge is 0.481 e. The summed E-state index contributed by atoms with van der Waals surface area (Å²) in [4.78, 5) is 26.7. The molecule has 0 spiro atoms. The molecule has 5 nitrogen and oxygen atoms in total. The Bertz CT molecular complexity index is 363. The Balaban J connectivity index is 2.59. The Hall–Kier alpha value is -1.26. The van der Waals surface area contributed by atoms with Crippen LogP contribution in [0.1, 0.15) is 53.4 Å². The van der Waals surface area contributed by atoms with Crippen molar-refractivity contribution in [2.75, 3.05) is 26.2 Å². The third-order valence-electron chi connectivity index (χ3n) is 4.47. The Labute approximate surface area is 128 Å². The second-order valence-corrected chi connectivity index (χ2v) is 6.99. The Kier molecular flexibility index (Phi) is 6.49. The normalized spacial score (nSPS) is 20.0. The fourth-order valence-corrected chi connectivity index (χ4v) is 2.97. The van der Waals surface area contributed by atoms with Crippen molar-refractivity contribution in [3.05, 3.63) is 0 Å². The minimum atomic E-state index is -0.857. The molecule has 0 aromatic heterocycles. The van der Waals surface area contributed by atoms with Gasteiger partial charge in [0.05, 0.1) is 6.42 Å². The second-order valence-electron chi connectivity index (χ2n) is 6.99. The quantitative estimate of drug-likeness (QED) is 0.867. The zero-order valence-corrected chi connectivity index (χ0v) is 13.9. The molecule has 1 unspecified atom stereocenters. The summed E-state index contributed by atoms with van der Waals surface area (Å²) in [5.74, 6) is -0.214. The van der Waals surface area contributed by atoms with Crippen LogP contribution in [0.2, 0.25) is 0 Å². The first-order valence-corrected chi connectivity index (χ1v) is 8.01. The fraction of sp³-hybridized carbons (Fsp3) is 0.875. The van der Waals surface area contributed by atoms with E-state index in [4.69, 9.17) is 5.11 Å². The number of hydrogen-bond donors (Lipinski definition) is 1. The minimum absolute atomic E-state index is 0.00620. The van der Waals surface area contributed by atoms with Crippen molar-refractivity contribution in [2.45, 2.75) is 53.4 Å². The number of nitrogens with zero attached hydrogens (tertiary/aromatic N) is 2. The monoisotopic (exact) mass is 298 g/mol. The Morgan fingerprint density at radius 3 is 2.43 bits per heavy atom. The maximum Gasteiger partial charge on any atom is 0.320 e. The van der Waals surface area contributed by atoms with Crippen molar-refractivity contribution in [1.29, 1.82) is 0 Å². The van der Waals surface area contributed by atoms with Gasteiger partial charge in [-0.3, -0.25) is 4.79 Å². The van der Waals surface area contributed by atoms with Crippen molar-refractivity contribution < 1.29 is 14.7 Å². The van der Waals surface area contributed by atoms with Crippen LogP contribution in [0.15, 0.2) is 0 Å². The molecule has 0 aromatic carbocycles. The lowest BCUT2D eigenvalue weighted by molar-refractivity contribution is -0.137.